The summed E-state index contributed by atoms with van der Waals surface area (Å²) >= 11 is 0. The third-order valence-electron chi connectivity index (χ3n) is 3.19. The molecule has 124 valence electrons. The van der Waals surface area contributed by atoms with Gasteiger partial charge in [-0.05, 0) is 48.5 Å². The molecule has 2 rings (SSSR count). The normalized spacial score (nSPS) is 10.4. The number of hydrogen-bond donors (Lipinski definition) is 1. The number of amides is 1. The van der Waals surface area contributed by atoms with E-state index in [2.05, 4.69) is 0 Å². The van der Waals surface area contributed by atoms with Gasteiger partial charge in [-0.2, -0.15) is 0 Å². The highest BCUT2D eigenvalue weighted by Gasteiger charge is 2.05. The Morgan fingerprint density at radius 2 is 1.62 bits per heavy atom. The second kappa shape index (κ2) is 7.82. The van der Waals surface area contributed by atoms with Crippen molar-refractivity contribution in [3.05, 3.63) is 59.7 Å². The van der Waals surface area contributed by atoms with Gasteiger partial charge < -0.3 is 19.9 Å². The molecule has 0 unspecified atom stereocenters. The first-order valence-corrected chi connectivity index (χ1v) is 7.05. The zero-order valence-electron chi connectivity index (χ0n) is 13.3. The second-order valence-corrected chi connectivity index (χ2v) is 4.75. The zero-order valence-corrected chi connectivity index (χ0v) is 13.3. The molecule has 0 saturated carbocycles. The molecule has 0 aliphatic heterocycles. The van der Waals surface area contributed by atoms with E-state index in [9.17, 15) is 9.59 Å². The molecule has 0 aliphatic carbocycles. The third-order valence-corrected chi connectivity index (χ3v) is 3.19. The molecule has 0 fully saturated rings. The largest absolute Gasteiger partial charge is 0.497 e. The molecule has 0 bridgehead atoms. The van der Waals surface area contributed by atoms with Gasteiger partial charge in [-0.25, -0.2) is 4.79 Å². The highest BCUT2D eigenvalue weighted by Crippen LogP contribution is 2.25. The van der Waals surface area contributed by atoms with E-state index in [4.69, 9.17) is 19.9 Å². The van der Waals surface area contributed by atoms with Crippen molar-refractivity contribution in [3.8, 4) is 17.2 Å². The lowest BCUT2D eigenvalue weighted by atomic mass is 10.1. The minimum atomic E-state index is -0.563. The van der Waals surface area contributed by atoms with Crippen LogP contribution in [0.15, 0.2) is 48.5 Å². The number of hydrogen-bond acceptors (Lipinski definition) is 5. The van der Waals surface area contributed by atoms with Crippen LogP contribution in [0.25, 0.3) is 6.08 Å². The smallest absolute Gasteiger partial charge is 0.336 e. The number of ether oxygens (including phenoxy) is 3. The summed E-state index contributed by atoms with van der Waals surface area (Å²) in [6.45, 7) is 0. The molecule has 0 radical (unpaired) electrons. The Hall–Kier alpha value is -3.28. The molecule has 2 N–H and O–H groups in total. The van der Waals surface area contributed by atoms with E-state index >= 15 is 0 Å². The summed E-state index contributed by atoms with van der Waals surface area (Å²) in [6.07, 6.45) is 2.85. The molecule has 0 atom stereocenters. The summed E-state index contributed by atoms with van der Waals surface area (Å²) in [5, 5.41) is 0. The minimum Gasteiger partial charge on any atom is -0.497 e. The lowest BCUT2D eigenvalue weighted by Gasteiger charge is -2.07. The maximum atomic E-state index is 11.9. The van der Waals surface area contributed by atoms with Crippen LogP contribution >= 0.6 is 0 Å². The molecule has 0 heterocycles. The lowest BCUT2D eigenvalue weighted by molar-refractivity contribution is -0.128. The quantitative estimate of drug-likeness (QED) is 0.500. The standard InChI is InChI=1S/C18H17NO5/c1-22-15-8-9-16(23-2)13(11-15)5-10-17(20)24-14-6-3-12(4-7-14)18(19)21/h3-11H,1-2H3,(H2,19,21)/b10-5+. The Kier molecular flexibility index (Phi) is 5.57. The van der Waals surface area contributed by atoms with Gasteiger partial charge in [-0.1, -0.05) is 0 Å². The van der Waals surface area contributed by atoms with Gasteiger partial charge in [0.1, 0.15) is 17.2 Å². The summed E-state index contributed by atoms with van der Waals surface area (Å²) in [6, 6.07) is 11.2. The average Bonchev–Trinajstić information content (AvgIpc) is 2.60. The van der Waals surface area contributed by atoms with Gasteiger partial charge in [-0.3, -0.25) is 4.79 Å². The molecule has 24 heavy (non-hydrogen) atoms. The summed E-state index contributed by atoms with van der Waals surface area (Å²) in [4.78, 5) is 22.9. The summed E-state index contributed by atoms with van der Waals surface area (Å²) < 4.78 is 15.5. The maximum Gasteiger partial charge on any atom is 0.336 e. The molecule has 0 aromatic heterocycles. The number of nitrogens with two attached hydrogens (primary N) is 1. The second-order valence-electron chi connectivity index (χ2n) is 4.75. The van der Waals surface area contributed by atoms with Crippen molar-refractivity contribution in [1.82, 2.24) is 0 Å². The minimum absolute atomic E-state index is 0.312. The van der Waals surface area contributed by atoms with Crippen molar-refractivity contribution in [1.29, 1.82) is 0 Å². The van der Waals surface area contributed by atoms with Gasteiger partial charge in [0.25, 0.3) is 0 Å². The van der Waals surface area contributed by atoms with Crippen LogP contribution in [-0.2, 0) is 4.79 Å². The number of methoxy groups -OCH3 is 2. The van der Waals surface area contributed by atoms with Gasteiger partial charge in [0, 0.05) is 17.2 Å². The summed E-state index contributed by atoms with van der Waals surface area (Å²) in [5.41, 5.74) is 6.17. The van der Waals surface area contributed by atoms with Crippen molar-refractivity contribution >= 4 is 18.0 Å². The van der Waals surface area contributed by atoms with Gasteiger partial charge in [0.15, 0.2) is 0 Å². The van der Waals surface area contributed by atoms with Crippen LogP contribution in [0, 0.1) is 0 Å². The molecule has 2 aromatic rings. The molecule has 2 aromatic carbocycles. The first-order chi connectivity index (χ1) is 11.5. The topological polar surface area (TPSA) is 87.8 Å². The van der Waals surface area contributed by atoms with Gasteiger partial charge >= 0.3 is 5.97 Å². The molecule has 0 spiro atoms. The van der Waals surface area contributed by atoms with E-state index in [0.29, 0.717) is 28.4 Å². The Balaban J connectivity index is 2.08. The zero-order chi connectivity index (χ0) is 17.5. The fraction of sp³-hybridized carbons (Fsp3) is 0.111. The number of carbonyl (C=O) groups is 2. The lowest BCUT2D eigenvalue weighted by Crippen LogP contribution is -2.10. The Morgan fingerprint density at radius 1 is 0.958 bits per heavy atom. The SMILES string of the molecule is COc1ccc(OC)c(/C=C/C(=O)Oc2ccc(C(N)=O)cc2)c1. The van der Waals surface area contributed by atoms with Gasteiger partial charge in [-0.15, -0.1) is 0 Å². The predicted molar refractivity (Wildman–Crippen MR) is 89.2 cm³/mol. The highest BCUT2D eigenvalue weighted by molar-refractivity contribution is 5.93. The Bertz CT molecular complexity index is 765. The van der Waals surface area contributed by atoms with Crippen molar-refractivity contribution in [3.63, 3.8) is 0 Å². The Labute approximate surface area is 139 Å². The number of primary amides is 1. The molecule has 0 saturated heterocycles. The molecular weight excluding hydrogens is 310 g/mol. The fourth-order valence-electron chi connectivity index (χ4n) is 1.96. The molecule has 6 heteroatoms. The van der Waals surface area contributed by atoms with Crippen LogP contribution in [0.3, 0.4) is 0 Å². The van der Waals surface area contributed by atoms with Crippen LogP contribution in [0.4, 0.5) is 0 Å². The first-order valence-electron chi connectivity index (χ1n) is 7.05. The van der Waals surface area contributed by atoms with Crippen LogP contribution < -0.4 is 19.9 Å². The predicted octanol–water partition coefficient (Wildman–Crippen LogP) is 2.42. The van der Waals surface area contributed by atoms with E-state index in [-0.39, 0.29) is 0 Å². The number of rotatable bonds is 6. The van der Waals surface area contributed by atoms with Crippen LogP contribution in [-0.4, -0.2) is 26.1 Å². The van der Waals surface area contributed by atoms with E-state index in [1.807, 2.05) is 0 Å². The third kappa shape index (κ3) is 4.36. The number of carbonyl (C=O) groups excluding carboxylic acids is 2. The van der Waals surface area contributed by atoms with Gasteiger partial charge in [0.05, 0.1) is 14.2 Å². The molecule has 0 aliphatic rings. The number of esters is 1. The van der Waals surface area contributed by atoms with Crippen molar-refractivity contribution in [2.24, 2.45) is 5.73 Å². The van der Waals surface area contributed by atoms with Crippen molar-refractivity contribution in [2.45, 2.75) is 0 Å². The average molecular weight is 327 g/mol. The summed E-state index contributed by atoms with van der Waals surface area (Å²) in [5.74, 6) is 0.452. The molecule has 6 nitrogen and oxygen atoms in total. The van der Waals surface area contributed by atoms with E-state index in [1.54, 1.807) is 31.4 Å². The van der Waals surface area contributed by atoms with E-state index in [0.717, 1.165) is 0 Å². The van der Waals surface area contributed by atoms with Crippen LogP contribution in [0.1, 0.15) is 15.9 Å². The maximum absolute atomic E-state index is 11.9. The van der Waals surface area contributed by atoms with E-state index in [1.165, 1.54) is 37.5 Å². The monoisotopic (exact) mass is 327 g/mol. The molecule has 1 amide bonds. The first kappa shape index (κ1) is 17.1. The van der Waals surface area contributed by atoms with Crippen LogP contribution in [0.2, 0.25) is 0 Å². The summed E-state index contributed by atoms with van der Waals surface area (Å²) in [7, 11) is 3.09. The fourth-order valence-corrected chi connectivity index (χ4v) is 1.96. The Morgan fingerprint density at radius 3 is 2.21 bits per heavy atom. The van der Waals surface area contributed by atoms with Crippen molar-refractivity contribution < 1.29 is 23.8 Å². The molecular formula is C18H17NO5. The van der Waals surface area contributed by atoms with Crippen LogP contribution in [0.5, 0.6) is 17.2 Å². The van der Waals surface area contributed by atoms with Gasteiger partial charge in [0.2, 0.25) is 5.91 Å². The van der Waals surface area contributed by atoms with Crippen molar-refractivity contribution in [2.75, 3.05) is 14.2 Å². The van der Waals surface area contributed by atoms with E-state index < -0.39 is 11.9 Å². The highest BCUT2D eigenvalue weighted by atomic mass is 16.5. The number of benzene rings is 2.